The van der Waals surface area contributed by atoms with Crippen LogP contribution in [0.3, 0.4) is 0 Å². The Bertz CT molecular complexity index is 716. The molecule has 0 aliphatic carbocycles. The fourth-order valence-corrected chi connectivity index (χ4v) is 2.72. The van der Waals surface area contributed by atoms with E-state index in [1.54, 1.807) is 0 Å². The second-order valence-corrected chi connectivity index (χ2v) is 5.27. The highest BCUT2D eigenvalue weighted by atomic mass is 15.1. The molecular weight excluding hydrogens is 258 g/mol. The third-order valence-electron chi connectivity index (χ3n) is 3.92. The number of benzene rings is 2. The normalized spacial score (nSPS) is 12.7. The second-order valence-electron chi connectivity index (χ2n) is 5.27. The van der Waals surface area contributed by atoms with Crippen molar-refractivity contribution in [2.24, 2.45) is 0 Å². The minimum atomic E-state index is 0.316. The zero-order chi connectivity index (χ0) is 14.7. The van der Waals surface area contributed by atoms with E-state index in [-0.39, 0.29) is 0 Å². The molecular formula is C18H21N3. The number of aryl methyl sites for hydroxylation is 1. The fourth-order valence-electron chi connectivity index (χ4n) is 2.72. The van der Waals surface area contributed by atoms with Crippen LogP contribution in [0.25, 0.3) is 11.0 Å². The number of fused-ring (bicyclic) bond motifs is 1. The maximum absolute atomic E-state index is 4.75. The van der Waals surface area contributed by atoms with Crippen LogP contribution in [0, 0.1) is 0 Å². The Morgan fingerprint density at radius 1 is 1.05 bits per heavy atom. The molecule has 1 heterocycles. The summed E-state index contributed by atoms with van der Waals surface area (Å²) in [5, 5.41) is 3.57. The molecule has 0 fully saturated rings. The zero-order valence-corrected chi connectivity index (χ0v) is 12.6. The van der Waals surface area contributed by atoms with Gasteiger partial charge in [-0.2, -0.15) is 0 Å². The SMILES string of the molecule is CCn1c(CNC(C)c2ccccc2)nc2ccccc21. The van der Waals surface area contributed by atoms with Crippen molar-refractivity contribution in [2.75, 3.05) is 0 Å². The Kier molecular flexibility index (Phi) is 4.02. The fraction of sp³-hybridized carbons (Fsp3) is 0.278. The van der Waals surface area contributed by atoms with Crippen molar-refractivity contribution >= 4 is 11.0 Å². The molecule has 2 aromatic carbocycles. The van der Waals surface area contributed by atoms with E-state index >= 15 is 0 Å². The standard InChI is InChI=1S/C18H21N3/c1-3-21-17-12-8-7-11-16(17)20-18(21)13-19-14(2)15-9-5-4-6-10-15/h4-12,14,19H,3,13H2,1-2H3. The van der Waals surface area contributed by atoms with Crippen LogP contribution < -0.4 is 5.32 Å². The molecule has 21 heavy (non-hydrogen) atoms. The summed E-state index contributed by atoms with van der Waals surface area (Å²) in [6.07, 6.45) is 0. The molecule has 0 bridgehead atoms. The molecule has 0 aliphatic rings. The van der Waals surface area contributed by atoms with E-state index in [0.29, 0.717) is 6.04 Å². The summed E-state index contributed by atoms with van der Waals surface area (Å²) < 4.78 is 2.28. The minimum Gasteiger partial charge on any atom is -0.327 e. The Hall–Kier alpha value is -2.13. The van der Waals surface area contributed by atoms with Crippen molar-refractivity contribution in [1.29, 1.82) is 0 Å². The number of imidazole rings is 1. The molecule has 0 amide bonds. The van der Waals surface area contributed by atoms with Crippen LogP contribution >= 0.6 is 0 Å². The molecule has 108 valence electrons. The van der Waals surface area contributed by atoms with Gasteiger partial charge in [0.05, 0.1) is 17.6 Å². The lowest BCUT2D eigenvalue weighted by atomic mass is 10.1. The van der Waals surface area contributed by atoms with E-state index in [4.69, 9.17) is 4.98 Å². The summed E-state index contributed by atoms with van der Waals surface area (Å²) in [7, 11) is 0. The van der Waals surface area contributed by atoms with Crippen molar-refractivity contribution in [1.82, 2.24) is 14.9 Å². The van der Waals surface area contributed by atoms with E-state index in [2.05, 4.69) is 66.2 Å². The first kappa shape index (κ1) is 13.8. The summed E-state index contributed by atoms with van der Waals surface area (Å²) in [6.45, 7) is 6.07. The maximum atomic E-state index is 4.75. The van der Waals surface area contributed by atoms with Crippen molar-refractivity contribution in [3.05, 3.63) is 66.0 Å². The summed E-state index contributed by atoms with van der Waals surface area (Å²) >= 11 is 0. The van der Waals surface area contributed by atoms with Gasteiger partial charge in [0.2, 0.25) is 0 Å². The van der Waals surface area contributed by atoms with Gasteiger partial charge in [-0.25, -0.2) is 4.98 Å². The maximum Gasteiger partial charge on any atom is 0.123 e. The van der Waals surface area contributed by atoms with Gasteiger partial charge in [-0.3, -0.25) is 0 Å². The number of aromatic nitrogens is 2. The van der Waals surface area contributed by atoms with Crippen LogP contribution in [0.15, 0.2) is 54.6 Å². The van der Waals surface area contributed by atoms with Crippen molar-refractivity contribution in [3.8, 4) is 0 Å². The molecule has 0 spiro atoms. The highest BCUT2D eigenvalue weighted by Crippen LogP contribution is 2.17. The smallest absolute Gasteiger partial charge is 0.123 e. The molecule has 1 aromatic heterocycles. The van der Waals surface area contributed by atoms with Gasteiger partial charge in [0.25, 0.3) is 0 Å². The van der Waals surface area contributed by atoms with Crippen molar-refractivity contribution in [2.45, 2.75) is 33.0 Å². The van der Waals surface area contributed by atoms with Gasteiger partial charge in [-0.15, -0.1) is 0 Å². The van der Waals surface area contributed by atoms with E-state index in [1.165, 1.54) is 11.1 Å². The predicted molar refractivity (Wildman–Crippen MR) is 87.1 cm³/mol. The first-order chi connectivity index (χ1) is 10.3. The molecule has 3 rings (SSSR count). The van der Waals surface area contributed by atoms with Gasteiger partial charge >= 0.3 is 0 Å². The van der Waals surface area contributed by atoms with Crippen molar-refractivity contribution in [3.63, 3.8) is 0 Å². The van der Waals surface area contributed by atoms with Crippen LogP contribution in [0.2, 0.25) is 0 Å². The highest BCUT2D eigenvalue weighted by molar-refractivity contribution is 5.75. The first-order valence-corrected chi connectivity index (χ1v) is 7.52. The lowest BCUT2D eigenvalue weighted by Gasteiger charge is -2.14. The van der Waals surface area contributed by atoms with Gasteiger partial charge in [0.15, 0.2) is 0 Å². The van der Waals surface area contributed by atoms with E-state index in [9.17, 15) is 0 Å². The van der Waals surface area contributed by atoms with Crippen LogP contribution in [0.1, 0.15) is 31.3 Å². The Balaban J connectivity index is 1.79. The number of nitrogens with zero attached hydrogens (tertiary/aromatic N) is 2. The topological polar surface area (TPSA) is 29.9 Å². The lowest BCUT2D eigenvalue weighted by Crippen LogP contribution is -2.20. The van der Waals surface area contributed by atoms with Crippen molar-refractivity contribution < 1.29 is 0 Å². The average Bonchev–Trinajstić information content (AvgIpc) is 2.91. The molecule has 3 nitrogen and oxygen atoms in total. The predicted octanol–water partition coefficient (Wildman–Crippen LogP) is 3.91. The molecule has 0 aliphatic heterocycles. The van der Waals surface area contributed by atoms with Crippen LogP contribution in [0.4, 0.5) is 0 Å². The van der Waals surface area contributed by atoms with Gasteiger partial charge in [0.1, 0.15) is 5.82 Å². The summed E-state index contributed by atoms with van der Waals surface area (Å²) in [4.78, 5) is 4.75. The number of hydrogen-bond acceptors (Lipinski definition) is 2. The van der Waals surface area contributed by atoms with E-state index in [1.807, 2.05) is 12.1 Å². The Labute approximate surface area is 125 Å². The average molecular weight is 279 g/mol. The molecule has 0 radical (unpaired) electrons. The van der Waals surface area contributed by atoms with Gasteiger partial charge in [0, 0.05) is 12.6 Å². The quantitative estimate of drug-likeness (QED) is 0.767. The first-order valence-electron chi connectivity index (χ1n) is 7.52. The van der Waals surface area contributed by atoms with Crippen LogP contribution in [-0.2, 0) is 13.1 Å². The lowest BCUT2D eigenvalue weighted by molar-refractivity contribution is 0.543. The number of rotatable bonds is 5. The number of hydrogen-bond donors (Lipinski definition) is 1. The van der Waals surface area contributed by atoms with Crippen LogP contribution in [-0.4, -0.2) is 9.55 Å². The molecule has 1 unspecified atom stereocenters. The second kappa shape index (κ2) is 6.10. The zero-order valence-electron chi connectivity index (χ0n) is 12.6. The molecule has 3 aromatic rings. The summed E-state index contributed by atoms with van der Waals surface area (Å²) in [5.41, 5.74) is 3.59. The molecule has 3 heteroatoms. The monoisotopic (exact) mass is 279 g/mol. The molecule has 0 saturated carbocycles. The third-order valence-corrected chi connectivity index (χ3v) is 3.92. The van der Waals surface area contributed by atoms with E-state index in [0.717, 1.165) is 24.4 Å². The largest absolute Gasteiger partial charge is 0.327 e. The minimum absolute atomic E-state index is 0.316. The van der Waals surface area contributed by atoms with Gasteiger partial charge in [-0.1, -0.05) is 42.5 Å². The Morgan fingerprint density at radius 2 is 1.76 bits per heavy atom. The molecule has 0 saturated heterocycles. The third kappa shape index (κ3) is 2.83. The molecule has 1 N–H and O–H groups in total. The summed E-state index contributed by atoms with van der Waals surface area (Å²) in [6, 6.07) is 19.1. The Morgan fingerprint density at radius 3 is 2.52 bits per heavy atom. The number of para-hydroxylation sites is 2. The van der Waals surface area contributed by atoms with Crippen LogP contribution in [0.5, 0.6) is 0 Å². The molecule has 1 atom stereocenters. The summed E-state index contributed by atoms with van der Waals surface area (Å²) in [5.74, 6) is 1.10. The highest BCUT2D eigenvalue weighted by Gasteiger charge is 2.10. The van der Waals surface area contributed by atoms with E-state index < -0.39 is 0 Å². The van der Waals surface area contributed by atoms with Gasteiger partial charge in [-0.05, 0) is 31.5 Å². The van der Waals surface area contributed by atoms with Gasteiger partial charge < -0.3 is 9.88 Å². The number of nitrogens with one attached hydrogen (secondary N) is 1.